The Bertz CT molecular complexity index is 327. The molecule has 2 rings (SSSR count). The van der Waals surface area contributed by atoms with E-state index in [1.54, 1.807) is 4.90 Å². The Hall–Kier alpha value is -0.860. The lowest BCUT2D eigenvalue weighted by Gasteiger charge is -2.22. The van der Waals surface area contributed by atoms with Crippen LogP contribution in [0.2, 0.25) is 0 Å². The van der Waals surface area contributed by atoms with E-state index in [9.17, 15) is 0 Å². The van der Waals surface area contributed by atoms with Gasteiger partial charge in [0.05, 0.1) is 0 Å². The summed E-state index contributed by atoms with van der Waals surface area (Å²) in [6.45, 7) is 10.8. The highest BCUT2D eigenvalue weighted by Gasteiger charge is 2.15. The second-order valence-corrected chi connectivity index (χ2v) is 4.71. The summed E-state index contributed by atoms with van der Waals surface area (Å²) in [5.74, 6) is 0. The van der Waals surface area contributed by atoms with Crippen LogP contribution in [-0.2, 0) is 6.54 Å². The highest BCUT2D eigenvalue weighted by molar-refractivity contribution is 5.29. The Morgan fingerprint density at radius 3 is 2.53 bits per heavy atom. The predicted molar refractivity (Wildman–Crippen MR) is 62.0 cm³/mol. The van der Waals surface area contributed by atoms with E-state index >= 15 is 0 Å². The van der Waals surface area contributed by atoms with Crippen LogP contribution in [0, 0.1) is 13.8 Å². The number of nitrogens with one attached hydrogen (secondary N) is 1. The molecule has 15 heavy (non-hydrogen) atoms. The average Bonchev–Trinajstić information content (AvgIpc) is 2.25. The zero-order valence-corrected chi connectivity index (χ0v) is 9.84. The van der Waals surface area contributed by atoms with Crippen molar-refractivity contribution in [2.75, 3.05) is 26.2 Å². The van der Waals surface area contributed by atoms with Crippen molar-refractivity contribution in [1.29, 1.82) is 0 Å². The van der Waals surface area contributed by atoms with E-state index in [1.165, 1.54) is 49.4 Å². The first-order chi connectivity index (χ1) is 7.25. The fourth-order valence-corrected chi connectivity index (χ4v) is 2.26. The van der Waals surface area contributed by atoms with E-state index in [4.69, 9.17) is 0 Å². The molecule has 0 bridgehead atoms. The maximum Gasteiger partial charge on any atom is 0.127 e. The van der Waals surface area contributed by atoms with E-state index < -0.39 is 0 Å². The molecule has 1 aromatic carbocycles. The molecule has 0 unspecified atom stereocenters. The van der Waals surface area contributed by atoms with Crippen LogP contribution in [-0.4, -0.2) is 26.2 Å². The van der Waals surface area contributed by atoms with Crippen molar-refractivity contribution in [2.45, 2.75) is 20.4 Å². The second-order valence-electron chi connectivity index (χ2n) is 4.71. The van der Waals surface area contributed by atoms with E-state index in [0.29, 0.717) is 0 Å². The zero-order chi connectivity index (χ0) is 10.7. The third kappa shape index (κ3) is 2.80. The molecule has 1 aliphatic rings. The van der Waals surface area contributed by atoms with Gasteiger partial charge in [-0.25, -0.2) is 0 Å². The van der Waals surface area contributed by atoms with Crippen LogP contribution in [0.5, 0.6) is 0 Å². The van der Waals surface area contributed by atoms with Crippen molar-refractivity contribution in [3.63, 3.8) is 0 Å². The van der Waals surface area contributed by atoms with Crippen molar-refractivity contribution in [3.8, 4) is 0 Å². The van der Waals surface area contributed by atoms with Gasteiger partial charge in [0.15, 0.2) is 0 Å². The van der Waals surface area contributed by atoms with Crippen molar-refractivity contribution in [3.05, 3.63) is 34.9 Å². The lowest BCUT2D eigenvalue weighted by atomic mass is 10.1. The highest BCUT2D eigenvalue weighted by Crippen LogP contribution is 2.08. The SMILES string of the molecule is Cc1ccc(C[NH+]2CC[NH2+]CC2)cc1C. The number of aryl methyl sites for hydroxylation is 2. The number of rotatable bonds is 2. The summed E-state index contributed by atoms with van der Waals surface area (Å²) in [5.41, 5.74) is 4.33. The Balaban J connectivity index is 2.00. The summed E-state index contributed by atoms with van der Waals surface area (Å²) in [5, 5.41) is 2.42. The maximum absolute atomic E-state index is 2.42. The van der Waals surface area contributed by atoms with Crippen LogP contribution in [0.25, 0.3) is 0 Å². The molecular weight excluding hydrogens is 184 g/mol. The molecule has 0 amide bonds. The van der Waals surface area contributed by atoms with Gasteiger partial charge in [-0.3, -0.25) is 0 Å². The minimum Gasteiger partial charge on any atom is -0.337 e. The second kappa shape index (κ2) is 4.77. The summed E-state index contributed by atoms with van der Waals surface area (Å²) in [6.07, 6.45) is 0. The Morgan fingerprint density at radius 2 is 1.87 bits per heavy atom. The molecule has 2 heteroatoms. The third-order valence-electron chi connectivity index (χ3n) is 3.43. The Labute approximate surface area is 92.3 Å². The van der Waals surface area contributed by atoms with Gasteiger partial charge in [0.2, 0.25) is 0 Å². The Kier molecular flexibility index (Phi) is 3.39. The molecule has 82 valence electrons. The first kappa shape index (κ1) is 10.7. The molecule has 1 fully saturated rings. The average molecular weight is 206 g/mol. The van der Waals surface area contributed by atoms with Crippen LogP contribution in [0.1, 0.15) is 16.7 Å². The van der Waals surface area contributed by atoms with Crippen LogP contribution >= 0.6 is 0 Å². The normalized spacial score (nSPS) is 18.0. The Morgan fingerprint density at radius 1 is 1.13 bits per heavy atom. The summed E-state index contributed by atoms with van der Waals surface area (Å²) in [4.78, 5) is 1.74. The minimum absolute atomic E-state index is 1.20. The first-order valence-electron chi connectivity index (χ1n) is 5.97. The van der Waals surface area contributed by atoms with Gasteiger partial charge in [-0.15, -0.1) is 0 Å². The fourth-order valence-electron chi connectivity index (χ4n) is 2.26. The lowest BCUT2D eigenvalue weighted by Crippen LogP contribution is -3.19. The molecule has 1 aromatic rings. The van der Waals surface area contributed by atoms with Crippen LogP contribution < -0.4 is 10.2 Å². The van der Waals surface area contributed by atoms with Gasteiger partial charge in [0.1, 0.15) is 32.7 Å². The standard InChI is InChI=1S/C13H20N2/c1-11-3-4-13(9-12(11)2)10-15-7-5-14-6-8-15/h3-4,9,14H,5-8,10H2,1-2H3/p+2. The van der Waals surface area contributed by atoms with Gasteiger partial charge in [-0.1, -0.05) is 18.2 Å². The van der Waals surface area contributed by atoms with E-state index in [-0.39, 0.29) is 0 Å². The summed E-state index contributed by atoms with van der Waals surface area (Å²) in [7, 11) is 0. The molecule has 1 saturated heterocycles. The minimum atomic E-state index is 1.20. The fraction of sp³-hybridized carbons (Fsp3) is 0.538. The van der Waals surface area contributed by atoms with Gasteiger partial charge in [0, 0.05) is 5.56 Å². The van der Waals surface area contributed by atoms with Crippen molar-refractivity contribution >= 4 is 0 Å². The number of benzene rings is 1. The zero-order valence-electron chi connectivity index (χ0n) is 9.84. The molecule has 0 radical (unpaired) electrons. The predicted octanol–water partition coefficient (Wildman–Crippen LogP) is -0.735. The molecular formula is C13H22N2+2. The molecule has 1 aliphatic heterocycles. The number of nitrogens with two attached hydrogens (primary N) is 1. The van der Waals surface area contributed by atoms with Crippen molar-refractivity contribution in [1.82, 2.24) is 0 Å². The largest absolute Gasteiger partial charge is 0.337 e. The van der Waals surface area contributed by atoms with Crippen LogP contribution in [0.3, 0.4) is 0 Å². The van der Waals surface area contributed by atoms with Gasteiger partial charge >= 0.3 is 0 Å². The molecule has 0 atom stereocenters. The molecule has 2 nitrogen and oxygen atoms in total. The van der Waals surface area contributed by atoms with E-state index in [2.05, 4.69) is 37.4 Å². The molecule has 0 aromatic heterocycles. The maximum atomic E-state index is 2.42. The highest BCUT2D eigenvalue weighted by atomic mass is 15.2. The first-order valence-corrected chi connectivity index (χ1v) is 5.97. The summed E-state index contributed by atoms with van der Waals surface area (Å²) < 4.78 is 0. The third-order valence-corrected chi connectivity index (χ3v) is 3.43. The molecule has 3 N–H and O–H groups in total. The number of quaternary nitrogens is 2. The molecule has 0 saturated carbocycles. The van der Waals surface area contributed by atoms with Gasteiger partial charge < -0.3 is 10.2 Å². The van der Waals surface area contributed by atoms with Crippen LogP contribution in [0.15, 0.2) is 18.2 Å². The van der Waals surface area contributed by atoms with E-state index in [1.807, 2.05) is 0 Å². The van der Waals surface area contributed by atoms with E-state index in [0.717, 1.165) is 0 Å². The molecule has 1 heterocycles. The molecule has 0 spiro atoms. The number of hydrogen-bond donors (Lipinski definition) is 2. The monoisotopic (exact) mass is 206 g/mol. The van der Waals surface area contributed by atoms with Crippen molar-refractivity contribution in [2.24, 2.45) is 0 Å². The van der Waals surface area contributed by atoms with Gasteiger partial charge in [0.25, 0.3) is 0 Å². The summed E-state index contributed by atoms with van der Waals surface area (Å²) in [6, 6.07) is 6.88. The smallest absolute Gasteiger partial charge is 0.127 e. The van der Waals surface area contributed by atoms with Gasteiger partial charge in [-0.2, -0.15) is 0 Å². The lowest BCUT2D eigenvalue weighted by molar-refractivity contribution is -0.958. The van der Waals surface area contributed by atoms with Crippen LogP contribution in [0.4, 0.5) is 0 Å². The number of piperazine rings is 1. The summed E-state index contributed by atoms with van der Waals surface area (Å²) >= 11 is 0. The van der Waals surface area contributed by atoms with Gasteiger partial charge in [-0.05, 0) is 25.0 Å². The molecule has 0 aliphatic carbocycles. The topological polar surface area (TPSA) is 21.1 Å². The number of hydrogen-bond acceptors (Lipinski definition) is 0. The quantitative estimate of drug-likeness (QED) is 0.636. The van der Waals surface area contributed by atoms with Crippen molar-refractivity contribution < 1.29 is 10.2 Å².